The largest absolute Gasteiger partial charge is 0.388 e. The van der Waals surface area contributed by atoms with Crippen molar-refractivity contribution in [2.75, 3.05) is 0 Å². The molecule has 3 heteroatoms. The van der Waals surface area contributed by atoms with Crippen molar-refractivity contribution in [1.82, 2.24) is 0 Å². The quantitative estimate of drug-likeness (QED) is 0.873. The molecule has 1 atom stereocenters. The summed E-state index contributed by atoms with van der Waals surface area (Å²) in [6.07, 6.45) is 1.84. The van der Waals surface area contributed by atoms with E-state index in [1.807, 2.05) is 6.92 Å². The SMILES string of the molecule is CCCCC(O)c1cc(Br)ccc1F. The molecule has 0 saturated heterocycles. The average Bonchev–Trinajstić information content (AvgIpc) is 2.18. The zero-order valence-corrected chi connectivity index (χ0v) is 9.72. The first-order chi connectivity index (χ1) is 6.65. The van der Waals surface area contributed by atoms with Crippen LogP contribution in [-0.2, 0) is 0 Å². The summed E-state index contributed by atoms with van der Waals surface area (Å²) >= 11 is 3.25. The third-order valence-electron chi connectivity index (χ3n) is 2.15. The highest BCUT2D eigenvalue weighted by atomic mass is 79.9. The van der Waals surface area contributed by atoms with Gasteiger partial charge in [-0.1, -0.05) is 35.7 Å². The molecule has 0 saturated carbocycles. The Hall–Kier alpha value is -0.410. The van der Waals surface area contributed by atoms with Gasteiger partial charge in [-0.25, -0.2) is 4.39 Å². The van der Waals surface area contributed by atoms with Gasteiger partial charge < -0.3 is 5.11 Å². The van der Waals surface area contributed by atoms with E-state index < -0.39 is 6.10 Å². The van der Waals surface area contributed by atoms with Crippen LogP contribution in [0.5, 0.6) is 0 Å². The molecule has 1 unspecified atom stereocenters. The standard InChI is InChI=1S/C11H14BrFO/c1-2-3-4-11(14)9-7-8(12)5-6-10(9)13/h5-7,11,14H,2-4H2,1H3. The van der Waals surface area contributed by atoms with Gasteiger partial charge in [0, 0.05) is 10.0 Å². The van der Waals surface area contributed by atoms with Gasteiger partial charge in [-0.05, 0) is 24.6 Å². The predicted octanol–water partition coefficient (Wildman–Crippen LogP) is 3.81. The molecule has 0 spiro atoms. The van der Waals surface area contributed by atoms with Gasteiger partial charge in [0.05, 0.1) is 6.10 Å². The first kappa shape index (κ1) is 11.7. The smallest absolute Gasteiger partial charge is 0.129 e. The van der Waals surface area contributed by atoms with Gasteiger partial charge in [-0.2, -0.15) is 0 Å². The lowest BCUT2D eigenvalue weighted by Gasteiger charge is -2.11. The molecule has 1 N–H and O–H groups in total. The molecule has 0 fully saturated rings. The Morgan fingerprint density at radius 3 is 2.86 bits per heavy atom. The van der Waals surface area contributed by atoms with E-state index in [0.29, 0.717) is 12.0 Å². The fourth-order valence-electron chi connectivity index (χ4n) is 1.32. The summed E-state index contributed by atoms with van der Waals surface area (Å²) in [7, 11) is 0. The average molecular weight is 261 g/mol. The zero-order valence-electron chi connectivity index (χ0n) is 8.13. The lowest BCUT2D eigenvalue weighted by atomic mass is 10.0. The minimum atomic E-state index is -0.688. The van der Waals surface area contributed by atoms with Gasteiger partial charge in [0.2, 0.25) is 0 Å². The molecule has 1 nitrogen and oxygen atoms in total. The maximum absolute atomic E-state index is 13.3. The molecule has 0 amide bonds. The maximum Gasteiger partial charge on any atom is 0.129 e. The number of unbranched alkanes of at least 4 members (excludes halogenated alkanes) is 1. The lowest BCUT2D eigenvalue weighted by Crippen LogP contribution is -2.00. The van der Waals surface area contributed by atoms with Crippen molar-refractivity contribution in [2.24, 2.45) is 0 Å². The van der Waals surface area contributed by atoms with E-state index in [-0.39, 0.29) is 5.82 Å². The third-order valence-corrected chi connectivity index (χ3v) is 2.64. The van der Waals surface area contributed by atoms with Crippen LogP contribution in [0, 0.1) is 5.82 Å². The Bertz CT molecular complexity index is 301. The molecule has 0 heterocycles. The van der Waals surface area contributed by atoms with Crippen molar-refractivity contribution in [1.29, 1.82) is 0 Å². The van der Waals surface area contributed by atoms with Gasteiger partial charge in [-0.15, -0.1) is 0 Å². The molecule has 0 aliphatic carbocycles. The number of halogens is 2. The highest BCUT2D eigenvalue weighted by Crippen LogP contribution is 2.25. The highest BCUT2D eigenvalue weighted by molar-refractivity contribution is 9.10. The van der Waals surface area contributed by atoms with Gasteiger partial charge in [0.25, 0.3) is 0 Å². The molecule has 0 aliphatic rings. The molecule has 14 heavy (non-hydrogen) atoms. The molecular weight excluding hydrogens is 247 g/mol. The predicted molar refractivity (Wildman–Crippen MR) is 58.6 cm³/mol. The first-order valence-electron chi connectivity index (χ1n) is 4.78. The lowest BCUT2D eigenvalue weighted by molar-refractivity contribution is 0.159. The number of hydrogen-bond donors (Lipinski definition) is 1. The van der Waals surface area contributed by atoms with E-state index in [1.54, 1.807) is 12.1 Å². The van der Waals surface area contributed by atoms with E-state index in [1.165, 1.54) is 6.07 Å². The minimum absolute atomic E-state index is 0.336. The molecular formula is C11H14BrFO. The summed E-state index contributed by atoms with van der Waals surface area (Å²) in [5.74, 6) is -0.336. The molecule has 0 bridgehead atoms. The summed E-state index contributed by atoms with van der Waals surface area (Å²) in [6, 6.07) is 4.63. The van der Waals surface area contributed by atoms with Crippen molar-refractivity contribution < 1.29 is 9.50 Å². The molecule has 0 radical (unpaired) electrons. The fraction of sp³-hybridized carbons (Fsp3) is 0.455. The molecule has 78 valence electrons. The van der Waals surface area contributed by atoms with Crippen LogP contribution in [0.15, 0.2) is 22.7 Å². The normalized spacial score (nSPS) is 12.9. The summed E-state index contributed by atoms with van der Waals surface area (Å²) in [4.78, 5) is 0. The van der Waals surface area contributed by atoms with Crippen molar-refractivity contribution in [3.63, 3.8) is 0 Å². The second-order valence-electron chi connectivity index (χ2n) is 3.32. The second kappa shape index (κ2) is 5.47. The highest BCUT2D eigenvalue weighted by Gasteiger charge is 2.12. The first-order valence-corrected chi connectivity index (χ1v) is 5.57. The fourth-order valence-corrected chi connectivity index (χ4v) is 1.70. The topological polar surface area (TPSA) is 20.2 Å². The van der Waals surface area contributed by atoms with Crippen LogP contribution < -0.4 is 0 Å². The van der Waals surface area contributed by atoms with E-state index in [4.69, 9.17) is 0 Å². The number of aliphatic hydroxyl groups excluding tert-OH is 1. The van der Waals surface area contributed by atoms with Crippen molar-refractivity contribution in [2.45, 2.75) is 32.3 Å². The van der Waals surface area contributed by atoms with Gasteiger partial charge in [0.15, 0.2) is 0 Å². The Labute approximate surface area is 92.1 Å². The van der Waals surface area contributed by atoms with Crippen LogP contribution in [0.25, 0.3) is 0 Å². The molecule has 1 aromatic carbocycles. The maximum atomic E-state index is 13.3. The number of benzene rings is 1. The Morgan fingerprint density at radius 2 is 2.21 bits per heavy atom. The van der Waals surface area contributed by atoms with E-state index >= 15 is 0 Å². The number of aliphatic hydroxyl groups is 1. The summed E-state index contributed by atoms with van der Waals surface area (Å²) in [5, 5.41) is 9.70. The van der Waals surface area contributed by atoms with Crippen molar-refractivity contribution in [3.05, 3.63) is 34.1 Å². The van der Waals surface area contributed by atoms with E-state index in [0.717, 1.165) is 17.3 Å². The number of hydrogen-bond acceptors (Lipinski definition) is 1. The minimum Gasteiger partial charge on any atom is -0.388 e. The van der Waals surface area contributed by atoms with Crippen molar-refractivity contribution >= 4 is 15.9 Å². The van der Waals surface area contributed by atoms with E-state index in [2.05, 4.69) is 15.9 Å². The second-order valence-corrected chi connectivity index (χ2v) is 4.24. The summed E-state index contributed by atoms with van der Waals surface area (Å²) < 4.78 is 14.1. The van der Waals surface area contributed by atoms with Crippen LogP contribution in [0.2, 0.25) is 0 Å². The Morgan fingerprint density at radius 1 is 1.50 bits per heavy atom. The van der Waals surface area contributed by atoms with Gasteiger partial charge >= 0.3 is 0 Å². The molecule has 1 aromatic rings. The Balaban J connectivity index is 2.77. The van der Waals surface area contributed by atoms with Gasteiger partial charge in [0.1, 0.15) is 5.82 Å². The van der Waals surface area contributed by atoms with Crippen LogP contribution in [-0.4, -0.2) is 5.11 Å². The van der Waals surface area contributed by atoms with Crippen molar-refractivity contribution in [3.8, 4) is 0 Å². The molecule has 0 aromatic heterocycles. The zero-order chi connectivity index (χ0) is 10.6. The molecule has 1 rings (SSSR count). The van der Waals surface area contributed by atoms with Crippen LogP contribution in [0.4, 0.5) is 4.39 Å². The van der Waals surface area contributed by atoms with Crippen LogP contribution in [0.1, 0.15) is 37.9 Å². The van der Waals surface area contributed by atoms with Crippen LogP contribution in [0.3, 0.4) is 0 Å². The monoisotopic (exact) mass is 260 g/mol. The summed E-state index contributed by atoms with van der Waals surface area (Å²) in [5.41, 5.74) is 0.382. The molecule has 0 aliphatic heterocycles. The van der Waals surface area contributed by atoms with Gasteiger partial charge in [-0.3, -0.25) is 0 Å². The number of rotatable bonds is 4. The third kappa shape index (κ3) is 3.07. The van der Waals surface area contributed by atoms with Crippen LogP contribution >= 0.6 is 15.9 Å². The summed E-state index contributed by atoms with van der Waals surface area (Å²) in [6.45, 7) is 2.05. The Kier molecular flexibility index (Phi) is 4.55. The van der Waals surface area contributed by atoms with E-state index in [9.17, 15) is 9.50 Å².